The Labute approximate surface area is 239 Å². The van der Waals surface area contributed by atoms with Gasteiger partial charge >= 0.3 is 13.5 Å². The molecule has 0 radical (unpaired) electrons. The number of anilines is 1. The maximum atomic E-state index is 15.8. The quantitative estimate of drug-likeness (QED) is 0.169. The minimum atomic E-state index is -4.17. The first-order chi connectivity index (χ1) is 19.4. The maximum Gasteiger partial charge on any atom is 0.386 e. The molecule has 6 rings (SSSR count). The second-order valence-electron chi connectivity index (χ2n) is 9.00. The number of halogens is 1. The lowest BCUT2D eigenvalue weighted by Crippen LogP contribution is -2.32. The second-order valence-corrected chi connectivity index (χ2v) is 14.7. The van der Waals surface area contributed by atoms with Gasteiger partial charge in [-0.25, -0.2) is 28.9 Å². The van der Waals surface area contributed by atoms with Gasteiger partial charge < -0.3 is 24.5 Å². The van der Waals surface area contributed by atoms with Gasteiger partial charge in [0.25, 0.3) is 5.56 Å². The van der Waals surface area contributed by atoms with Crippen LogP contribution in [0.1, 0.15) is 17.9 Å². The Morgan fingerprint density at radius 2 is 2.05 bits per heavy atom. The van der Waals surface area contributed by atoms with E-state index >= 15 is 4.39 Å². The molecule has 0 aromatic carbocycles. The number of nitrogens with zero attached hydrogens (tertiary/aromatic N) is 7. The van der Waals surface area contributed by atoms with E-state index in [0.717, 1.165) is 0 Å². The molecule has 17 nitrogen and oxygen atoms in total. The molecular weight excluding hydrogens is 627 g/mol. The fourth-order valence-corrected chi connectivity index (χ4v) is 6.96. The lowest BCUT2D eigenvalue weighted by atomic mass is 10.1. The van der Waals surface area contributed by atoms with Gasteiger partial charge in [0.05, 0.1) is 25.7 Å². The number of imidazole rings is 2. The molecule has 2 aliphatic rings. The average molecular weight is 650 g/mol. The van der Waals surface area contributed by atoms with Crippen LogP contribution in [0, 0.1) is 6.92 Å². The number of H-pyrrole nitrogens is 1. The first-order valence-electron chi connectivity index (χ1n) is 11.9. The topological polar surface area (TPSA) is 217 Å². The van der Waals surface area contributed by atoms with Gasteiger partial charge in [0, 0.05) is 6.54 Å². The molecule has 0 aliphatic carbocycles. The van der Waals surface area contributed by atoms with Crippen molar-refractivity contribution < 1.29 is 36.7 Å². The van der Waals surface area contributed by atoms with Crippen LogP contribution >= 0.6 is 25.8 Å². The van der Waals surface area contributed by atoms with Gasteiger partial charge in [-0.3, -0.25) is 27.9 Å². The summed E-state index contributed by atoms with van der Waals surface area (Å²) in [7, 11) is 0. The second kappa shape index (κ2) is 10.7. The summed E-state index contributed by atoms with van der Waals surface area (Å²) in [6, 6.07) is 0. The number of aromatic nitrogens is 8. The number of aryl methyl sites for hydroxylation is 1. The Morgan fingerprint density at radius 1 is 1.24 bits per heavy atom. The third-order valence-electron chi connectivity index (χ3n) is 6.26. The van der Waals surface area contributed by atoms with Crippen LogP contribution in [-0.4, -0.2) is 75.5 Å². The summed E-state index contributed by atoms with van der Waals surface area (Å²) in [6.45, 7) is -7.50. The molecule has 2 bridgehead atoms. The molecule has 220 valence electrons. The molecular formula is C19H22FN9O8P2S2. The summed E-state index contributed by atoms with van der Waals surface area (Å²) in [5.74, 6) is 0.504. The molecule has 4 aromatic heterocycles. The maximum absolute atomic E-state index is 15.8. The van der Waals surface area contributed by atoms with E-state index in [1.807, 2.05) is 0 Å². The van der Waals surface area contributed by atoms with Gasteiger partial charge in [0.1, 0.15) is 36.0 Å². The van der Waals surface area contributed by atoms with Crippen LogP contribution in [0.25, 0.3) is 22.3 Å². The Morgan fingerprint density at radius 3 is 2.85 bits per heavy atom. The zero-order chi connectivity index (χ0) is 29.1. The molecule has 4 aromatic rings. The van der Waals surface area contributed by atoms with E-state index in [4.69, 9.17) is 40.4 Å². The molecule has 0 amide bonds. The number of hydrogen-bond donors (Lipinski definition) is 4. The van der Waals surface area contributed by atoms with Crippen molar-refractivity contribution in [1.82, 2.24) is 39.0 Å². The van der Waals surface area contributed by atoms with Crippen LogP contribution in [0.2, 0.25) is 0 Å². The third-order valence-corrected chi connectivity index (χ3v) is 9.48. The van der Waals surface area contributed by atoms with Crippen LogP contribution in [0.4, 0.5) is 10.3 Å². The molecule has 0 saturated carbocycles. The van der Waals surface area contributed by atoms with E-state index in [9.17, 15) is 14.3 Å². The Balaban J connectivity index is 1.38. The van der Waals surface area contributed by atoms with Crippen LogP contribution in [0.15, 0.2) is 17.3 Å². The van der Waals surface area contributed by atoms with Gasteiger partial charge in [-0.15, -0.1) is 0 Å². The van der Waals surface area contributed by atoms with Gasteiger partial charge in [0.2, 0.25) is 5.95 Å². The first-order valence-corrected chi connectivity index (χ1v) is 17.2. The summed E-state index contributed by atoms with van der Waals surface area (Å²) < 4.78 is 59.3. The van der Waals surface area contributed by atoms with Crippen LogP contribution < -0.4 is 11.3 Å². The fourth-order valence-electron chi connectivity index (χ4n) is 4.47. The fraction of sp³-hybridized carbons (Fsp3) is 0.474. The Kier molecular flexibility index (Phi) is 7.51. The van der Waals surface area contributed by atoms with E-state index in [1.54, 1.807) is 11.5 Å². The van der Waals surface area contributed by atoms with Crippen molar-refractivity contribution in [3.63, 3.8) is 0 Å². The summed E-state index contributed by atoms with van der Waals surface area (Å²) >= 11 is 9.22. The number of alkyl halides is 1. The Hall–Kier alpha value is -2.38. The highest BCUT2D eigenvalue weighted by molar-refractivity contribution is 8.44. The molecule has 6 atom stereocenters. The molecule has 22 heteroatoms. The number of aromatic amines is 1. The summed E-state index contributed by atoms with van der Waals surface area (Å²) in [6.07, 6.45) is -3.73. The molecule has 6 heterocycles. The predicted molar refractivity (Wildman–Crippen MR) is 146 cm³/mol. The molecule has 4 N–H and O–H groups in total. The minimum Gasteiger partial charge on any atom is -0.369 e. The SMILES string of the molecule is Cc1ncc2nc3n(c2n1)CCOP(=O)(S)OC[C@H]1O[C@H](n2cnc4c(=O)[nH]c(N)nc42)[C@H](OP(O)(=S)OC3)[C@H]1F. The third kappa shape index (κ3) is 5.69. The first kappa shape index (κ1) is 28.7. The van der Waals surface area contributed by atoms with Crippen molar-refractivity contribution in [1.29, 1.82) is 0 Å². The van der Waals surface area contributed by atoms with E-state index < -0.39 is 50.3 Å². The molecule has 41 heavy (non-hydrogen) atoms. The average Bonchev–Trinajstić information content (AvgIpc) is 3.55. The highest BCUT2D eigenvalue weighted by Gasteiger charge is 2.50. The van der Waals surface area contributed by atoms with Gasteiger partial charge in [-0.05, 0) is 18.7 Å². The van der Waals surface area contributed by atoms with Crippen molar-refractivity contribution >= 4 is 65.8 Å². The van der Waals surface area contributed by atoms with E-state index in [0.29, 0.717) is 17.0 Å². The molecule has 1 saturated heterocycles. The molecule has 2 aliphatic heterocycles. The number of thiol groups is 1. The number of ether oxygens (including phenoxy) is 1. The standard InChI is InChI=1S/C19H22FN9O8P2S2/c1-8-22-4-9-15(24-8)28-2-3-33-38(31,40)34-5-10-12(20)14(37-39(32,41)35-6-11(28)25-9)18(36-10)29-7-23-13-16(29)26-19(21)27-17(13)30/h4,7,10,12,14,18H,2-3,5-6H2,1H3,(H,31,40)(H,32,41)(H3,21,26,27,30)/t10-,12+,14-,18+,38?,39?/m1/s1. The van der Waals surface area contributed by atoms with E-state index in [2.05, 4.69) is 42.2 Å². The zero-order valence-corrected chi connectivity index (χ0v) is 24.4. The van der Waals surface area contributed by atoms with Crippen LogP contribution in [0.5, 0.6) is 0 Å². The van der Waals surface area contributed by atoms with Crippen molar-refractivity contribution in [2.45, 2.75) is 44.7 Å². The van der Waals surface area contributed by atoms with Gasteiger partial charge in [-0.2, -0.15) is 4.98 Å². The number of rotatable bonds is 1. The van der Waals surface area contributed by atoms with Crippen molar-refractivity contribution in [3.8, 4) is 0 Å². The summed E-state index contributed by atoms with van der Waals surface area (Å²) in [5, 5.41) is 0. The normalized spacial score (nSPS) is 31.6. The smallest absolute Gasteiger partial charge is 0.369 e. The monoisotopic (exact) mass is 649 g/mol. The summed E-state index contributed by atoms with van der Waals surface area (Å²) in [4.78, 5) is 46.6. The lowest BCUT2D eigenvalue weighted by Gasteiger charge is -2.25. The Bertz CT molecular complexity index is 1800. The van der Waals surface area contributed by atoms with Crippen molar-refractivity contribution in [3.05, 3.63) is 34.5 Å². The minimum absolute atomic E-state index is 0.0477. The van der Waals surface area contributed by atoms with E-state index in [1.165, 1.54) is 17.1 Å². The number of nitrogens with one attached hydrogen (secondary N) is 1. The number of hydrogen-bond acceptors (Lipinski definition) is 14. The van der Waals surface area contributed by atoms with Crippen LogP contribution in [-0.2, 0) is 52.4 Å². The zero-order valence-electron chi connectivity index (χ0n) is 20.9. The number of nitrogen functional groups attached to an aromatic ring is 1. The summed E-state index contributed by atoms with van der Waals surface area (Å²) in [5.41, 5.74) is 5.73. The van der Waals surface area contributed by atoms with Crippen LogP contribution in [0.3, 0.4) is 0 Å². The number of fused-ring (bicyclic) bond motifs is 6. The molecule has 1 fully saturated rings. The van der Waals surface area contributed by atoms with Gasteiger partial charge in [-0.1, -0.05) is 12.2 Å². The number of nitrogens with two attached hydrogens (primary N) is 1. The highest BCUT2D eigenvalue weighted by atomic mass is 32.7. The van der Waals surface area contributed by atoms with E-state index in [-0.39, 0.29) is 42.7 Å². The van der Waals surface area contributed by atoms with Crippen molar-refractivity contribution in [2.75, 3.05) is 18.9 Å². The largest absolute Gasteiger partial charge is 0.386 e. The van der Waals surface area contributed by atoms with Crippen molar-refractivity contribution in [2.24, 2.45) is 0 Å². The van der Waals surface area contributed by atoms with Gasteiger partial charge in [0.15, 0.2) is 29.2 Å². The molecule has 0 spiro atoms. The predicted octanol–water partition coefficient (Wildman–Crippen LogP) is 1.29. The molecule has 2 unspecified atom stereocenters. The lowest BCUT2D eigenvalue weighted by molar-refractivity contribution is -0.0455. The highest BCUT2D eigenvalue weighted by Crippen LogP contribution is 2.55.